The molecule has 9 heteroatoms. The lowest BCUT2D eigenvalue weighted by molar-refractivity contribution is -0.166. The average Bonchev–Trinajstić information content (AvgIpc) is 3.03. The van der Waals surface area contributed by atoms with Gasteiger partial charge in [0.2, 0.25) is 0 Å². The number of likely N-dealkylation sites (tertiary alicyclic amines) is 1. The summed E-state index contributed by atoms with van der Waals surface area (Å²) in [6.45, 7) is 10.4. The van der Waals surface area contributed by atoms with Crippen LogP contribution in [0.2, 0.25) is 0 Å². The normalized spacial score (nSPS) is 19.2. The van der Waals surface area contributed by atoms with E-state index in [1.807, 2.05) is 0 Å². The van der Waals surface area contributed by atoms with Crippen molar-refractivity contribution in [1.29, 1.82) is 0 Å². The molecule has 1 N–H and O–H groups in total. The number of carbonyl (C=O) groups excluding carboxylic acids is 3. The summed E-state index contributed by atoms with van der Waals surface area (Å²) in [7, 11) is 0. The van der Waals surface area contributed by atoms with Gasteiger partial charge in [-0.15, -0.1) is 0 Å². The van der Waals surface area contributed by atoms with Crippen molar-refractivity contribution in [3.8, 4) is 0 Å². The molecule has 0 saturated carbocycles. The van der Waals surface area contributed by atoms with Crippen LogP contribution < -0.4 is 5.32 Å². The van der Waals surface area contributed by atoms with E-state index in [4.69, 9.17) is 9.47 Å². The van der Waals surface area contributed by atoms with Crippen LogP contribution in [0.1, 0.15) is 58.3 Å². The Morgan fingerprint density at radius 2 is 1.68 bits per heavy atom. The van der Waals surface area contributed by atoms with Crippen LogP contribution in [0.25, 0.3) is 0 Å². The first-order valence-corrected chi connectivity index (χ1v) is 10.1. The summed E-state index contributed by atoms with van der Waals surface area (Å²) in [6.07, 6.45) is -0.346. The van der Waals surface area contributed by atoms with Gasteiger partial charge in [-0.25, -0.2) is 13.6 Å². The van der Waals surface area contributed by atoms with Gasteiger partial charge < -0.3 is 19.7 Å². The molecule has 2 amide bonds. The van der Waals surface area contributed by atoms with Gasteiger partial charge in [0.1, 0.15) is 28.3 Å². The van der Waals surface area contributed by atoms with Crippen LogP contribution in [-0.4, -0.2) is 53.7 Å². The van der Waals surface area contributed by atoms with Gasteiger partial charge in [-0.1, -0.05) is 0 Å². The predicted molar refractivity (Wildman–Crippen MR) is 109 cm³/mol. The van der Waals surface area contributed by atoms with Crippen molar-refractivity contribution in [3.05, 3.63) is 35.4 Å². The van der Waals surface area contributed by atoms with Crippen LogP contribution in [-0.2, 0) is 14.3 Å². The standard InChI is InChI=1S/C22H30F2N2O5/c1-20(2,3)30-18(28)22(9-10-26(13-22)19(29)31-21(4,5)6)12-25-17(27)15-8-7-14(23)11-16(15)24/h7-8,11H,9-10,12-13H2,1-6H3,(H,25,27). The highest BCUT2D eigenvalue weighted by atomic mass is 19.1. The van der Waals surface area contributed by atoms with Crippen LogP contribution in [0, 0.1) is 17.0 Å². The number of halogens is 2. The van der Waals surface area contributed by atoms with E-state index in [0.717, 1.165) is 12.1 Å². The summed E-state index contributed by atoms with van der Waals surface area (Å²) >= 11 is 0. The maximum absolute atomic E-state index is 13.9. The maximum atomic E-state index is 13.9. The predicted octanol–water partition coefficient (Wildman–Crippen LogP) is 3.66. The minimum atomic E-state index is -1.23. The van der Waals surface area contributed by atoms with Gasteiger partial charge >= 0.3 is 12.1 Å². The van der Waals surface area contributed by atoms with E-state index in [0.29, 0.717) is 6.07 Å². The lowest BCUT2D eigenvalue weighted by Gasteiger charge is -2.31. The summed E-state index contributed by atoms with van der Waals surface area (Å²) in [5, 5.41) is 2.54. The number of amides is 2. The molecule has 0 radical (unpaired) electrons. The Balaban J connectivity index is 2.20. The second kappa shape index (κ2) is 8.80. The zero-order chi connectivity index (χ0) is 23.6. The lowest BCUT2D eigenvalue weighted by atomic mass is 9.86. The van der Waals surface area contributed by atoms with Gasteiger partial charge in [-0.05, 0) is 60.1 Å². The van der Waals surface area contributed by atoms with E-state index in [1.54, 1.807) is 41.5 Å². The molecule has 0 spiro atoms. The Morgan fingerprint density at radius 3 is 2.23 bits per heavy atom. The molecule has 1 unspecified atom stereocenters. The number of nitrogens with one attached hydrogen (secondary N) is 1. The summed E-state index contributed by atoms with van der Waals surface area (Å²) in [5.41, 5.74) is -3.06. The Morgan fingerprint density at radius 1 is 1.06 bits per heavy atom. The third kappa shape index (κ3) is 6.63. The van der Waals surface area contributed by atoms with Gasteiger partial charge in [-0.3, -0.25) is 9.59 Å². The molecule has 7 nitrogen and oxygen atoms in total. The van der Waals surface area contributed by atoms with Crippen molar-refractivity contribution in [3.63, 3.8) is 0 Å². The molecule has 1 aromatic carbocycles. The molecule has 172 valence electrons. The molecule has 1 saturated heterocycles. The highest BCUT2D eigenvalue weighted by Gasteiger charge is 2.49. The van der Waals surface area contributed by atoms with Crippen LogP contribution in [0.5, 0.6) is 0 Å². The quantitative estimate of drug-likeness (QED) is 0.723. The molecule has 31 heavy (non-hydrogen) atoms. The SMILES string of the molecule is CC(C)(C)OC(=O)N1CCC(CNC(=O)c2ccc(F)cc2F)(C(=O)OC(C)(C)C)C1. The molecule has 1 fully saturated rings. The van der Waals surface area contributed by atoms with E-state index < -0.39 is 46.2 Å². The zero-order valence-electron chi connectivity index (χ0n) is 18.8. The number of rotatable bonds is 4. The molecule has 1 aromatic rings. The molecule has 1 atom stereocenters. The summed E-state index contributed by atoms with van der Waals surface area (Å²) in [6, 6.07) is 2.61. The molecular formula is C22H30F2N2O5. The Kier molecular flexibility index (Phi) is 6.97. The van der Waals surface area contributed by atoms with Crippen molar-refractivity contribution < 1.29 is 32.6 Å². The monoisotopic (exact) mass is 440 g/mol. The Bertz CT molecular complexity index is 860. The first-order chi connectivity index (χ1) is 14.1. The third-order valence-electron chi connectivity index (χ3n) is 4.60. The minimum Gasteiger partial charge on any atom is -0.459 e. The van der Waals surface area contributed by atoms with Gasteiger partial charge in [0, 0.05) is 25.7 Å². The fraction of sp³-hybridized carbons (Fsp3) is 0.591. The number of esters is 1. The number of nitrogens with zero attached hydrogens (tertiary/aromatic N) is 1. The molecule has 0 aliphatic carbocycles. The molecule has 1 aliphatic rings. The van der Waals surface area contributed by atoms with Gasteiger partial charge in [-0.2, -0.15) is 0 Å². The highest BCUT2D eigenvalue weighted by molar-refractivity contribution is 5.95. The van der Waals surface area contributed by atoms with Crippen molar-refractivity contribution in [1.82, 2.24) is 10.2 Å². The van der Waals surface area contributed by atoms with Crippen molar-refractivity contribution >= 4 is 18.0 Å². The van der Waals surface area contributed by atoms with Gasteiger partial charge in [0.15, 0.2) is 0 Å². The fourth-order valence-corrected chi connectivity index (χ4v) is 3.14. The largest absolute Gasteiger partial charge is 0.459 e. The van der Waals surface area contributed by atoms with Crippen molar-refractivity contribution in [2.75, 3.05) is 19.6 Å². The van der Waals surface area contributed by atoms with E-state index in [2.05, 4.69) is 5.32 Å². The van der Waals surface area contributed by atoms with Crippen LogP contribution in [0.3, 0.4) is 0 Å². The number of hydrogen-bond donors (Lipinski definition) is 1. The van der Waals surface area contributed by atoms with E-state index >= 15 is 0 Å². The number of ether oxygens (including phenoxy) is 2. The van der Waals surface area contributed by atoms with E-state index in [-0.39, 0.29) is 31.6 Å². The van der Waals surface area contributed by atoms with Gasteiger partial charge in [0.05, 0.1) is 5.56 Å². The maximum Gasteiger partial charge on any atom is 0.410 e. The summed E-state index contributed by atoms with van der Waals surface area (Å²) < 4.78 is 38.0. The molecule has 0 bridgehead atoms. The molecular weight excluding hydrogens is 410 g/mol. The second-order valence-corrected chi connectivity index (χ2v) is 9.74. The molecule has 1 heterocycles. The summed E-state index contributed by atoms with van der Waals surface area (Å²) in [5.74, 6) is -3.18. The summed E-state index contributed by atoms with van der Waals surface area (Å²) in [4.78, 5) is 39.3. The molecule has 1 aliphatic heterocycles. The van der Waals surface area contributed by atoms with Crippen molar-refractivity contribution in [2.45, 2.75) is 59.2 Å². The fourth-order valence-electron chi connectivity index (χ4n) is 3.14. The smallest absolute Gasteiger partial charge is 0.410 e. The lowest BCUT2D eigenvalue weighted by Crippen LogP contribution is -2.48. The number of hydrogen-bond acceptors (Lipinski definition) is 5. The van der Waals surface area contributed by atoms with E-state index in [1.165, 1.54) is 4.90 Å². The zero-order valence-corrected chi connectivity index (χ0v) is 18.8. The second-order valence-electron chi connectivity index (χ2n) is 9.74. The molecule has 2 rings (SSSR count). The topological polar surface area (TPSA) is 84.9 Å². The first kappa shape index (κ1) is 24.6. The van der Waals surface area contributed by atoms with Crippen LogP contribution >= 0.6 is 0 Å². The van der Waals surface area contributed by atoms with E-state index in [9.17, 15) is 23.2 Å². The highest BCUT2D eigenvalue weighted by Crippen LogP contribution is 2.34. The first-order valence-electron chi connectivity index (χ1n) is 10.1. The Hall–Kier alpha value is -2.71. The minimum absolute atomic E-state index is 0.0248. The molecule has 0 aromatic heterocycles. The number of carbonyl (C=O) groups is 3. The van der Waals surface area contributed by atoms with Crippen molar-refractivity contribution in [2.24, 2.45) is 5.41 Å². The third-order valence-corrected chi connectivity index (χ3v) is 4.60. The van der Waals surface area contributed by atoms with Crippen LogP contribution in [0.15, 0.2) is 18.2 Å². The number of benzene rings is 1. The average molecular weight is 440 g/mol. The van der Waals surface area contributed by atoms with Gasteiger partial charge in [0.25, 0.3) is 5.91 Å². The Labute approximate surface area is 181 Å². The van der Waals surface area contributed by atoms with Crippen LogP contribution in [0.4, 0.5) is 13.6 Å².